The molecule has 8 nitrogen and oxygen atoms in total. The van der Waals surface area contributed by atoms with Crippen LogP contribution in [0.3, 0.4) is 0 Å². The maximum Gasteiger partial charge on any atom is 0.410 e. The predicted octanol–water partition coefficient (Wildman–Crippen LogP) is 7.22. The van der Waals surface area contributed by atoms with Gasteiger partial charge in [-0.1, -0.05) is 26.8 Å². The molecule has 2 amide bonds. The van der Waals surface area contributed by atoms with E-state index in [2.05, 4.69) is 53.5 Å². The van der Waals surface area contributed by atoms with Crippen molar-refractivity contribution < 1.29 is 14.3 Å². The molecule has 3 aromatic rings. The third-order valence-electron chi connectivity index (χ3n) is 7.52. The summed E-state index contributed by atoms with van der Waals surface area (Å²) >= 11 is 0. The van der Waals surface area contributed by atoms with Crippen molar-refractivity contribution in [2.24, 2.45) is 5.92 Å². The highest BCUT2D eigenvalue weighted by atomic mass is 16.6. The number of hydrogen-bond acceptors (Lipinski definition) is 6. The van der Waals surface area contributed by atoms with E-state index in [1.807, 2.05) is 43.9 Å². The number of rotatable bonds is 8. The highest BCUT2D eigenvalue weighted by Gasteiger charge is 2.27. The quantitative estimate of drug-likeness (QED) is 0.296. The Bertz CT molecular complexity index is 1350. The van der Waals surface area contributed by atoms with Crippen LogP contribution in [0.25, 0.3) is 0 Å². The average Bonchev–Trinajstić information content (AvgIpc) is 2.94. The van der Waals surface area contributed by atoms with Crippen molar-refractivity contribution in [1.29, 1.82) is 0 Å². The second kappa shape index (κ2) is 13.4. The number of piperidine rings is 1. The summed E-state index contributed by atoms with van der Waals surface area (Å²) < 4.78 is 5.56. The Hall–Kier alpha value is -3.94. The van der Waals surface area contributed by atoms with Crippen LogP contribution < -0.4 is 10.6 Å². The smallest absolute Gasteiger partial charge is 0.410 e. The van der Waals surface area contributed by atoms with Crippen LogP contribution in [-0.2, 0) is 23.1 Å². The minimum atomic E-state index is -0.479. The van der Waals surface area contributed by atoms with Crippen LogP contribution >= 0.6 is 0 Å². The van der Waals surface area contributed by atoms with Gasteiger partial charge >= 0.3 is 6.09 Å². The molecule has 224 valence electrons. The fourth-order valence-electron chi connectivity index (χ4n) is 5.31. The number of hydrogen-bond donors (Lipinski definition) is 2. The van der Waals surface area contributed by atoms with Crippen LogP contribution in [0.5, 0.6) is 0 Å². The third kappa shape index (κ3) is 8.78. The fourth-order valence-corrected chi connectivity index (χ4v) is 5.31. The highest BCUT2D eigenvalue weighted by molar-refractivity contribution is 6.07. The Kier molecular flexibility index (Phi) is 9.86. The van der Waals surface area contributed by atoms with Crippen molar-refractivity contribution in [2.45, 2.75) is 84.8 Å². The summed E-state index contributed by atoms with van der Waals surface area (Å²) in [5.41, 5.74) is 4.35. The molecule has 1 aliphatic heterocycles. The summed E-state index contributed by atoms with van der Waals surface area (Å²) in [4.78, 5) is 36.1. The number of anilines is 2. The van der Waals surface area contributed by atoms with E-state index in [-0.39, 0.29) is 17.4 Å². The molecular weight excluding hydrogens is 526 g/mol. The highest BCUT2D eigenvalue weighted by Crippen LogP contribution is 2.32. The van der Waals surface area contributed by atoms with Gasteiger partial charge in [0.05, 0.1) is 5.56 Å². The maximum absolute atomic E-state index is 13.4. The van der Waals surface area contributed by atoms with Crippen LogP contribution in [0.1, 0.15) is 87.9 Å². The molecule has 1 saturated heterocycles. The Morgan fingerprint density at radius 3 is 2.36 bits per heavy atom. The number of aryl methyl sites for hydroxylation is 1. The molecule has 2 aromatic heterocycles. The summed E-state index contributed by atoms with van der Waals surface area (Å²) in [7, 11) is 0. The number of nitrogens with one attached hydrogen (secondary N) is 2. The second-order valence-corrected chi connectivity index (χ2v) is 13.1. The first-order valence-corrected chi connectivity index (χ1v) is 14.9. The van der Waals surface area contributed by atoms with Crippen molar-refractivity contribution in [3.05, 3.63) is 83.3 Å². The Balaban J connectivity index is 1.41. The van der Waals surface area contributed by atoms with E-state index < -0.39 is 5.60 Å². The molecule has 0 aliphatic carbocycles. The average molecular weight is 572 g/mol. The van der Waals surface area contributed by atoms with Crippen molar-refractivity contribution in [2.75, 3.05) is 23.7 Å². The topological polar surface area (TPSA) is 96.5 Å². The lowest BCUT2D eigenvalue weighted by Crippen LogP contribution is -2.41. The molecule has 42 heavy (non-hydrogen) atoms. The van der Waals surface area contributed by atoms with Gasteiger partial charge in [-0.05, 0) is 111 Å². The molecule has 0 spiro atoms. The van der Waals surface area contributed by atoms with Gasteiger partial charge in [0.1, 0.15) is 11.4 Å². The van der Waals surface area contributed by atoms with Gasteiger partial charge < -0.3 is 20.3 Å². The number of carbonyl (C=O) groups excluding carboxylic acids is 2. The zero-order chi connectivity index (χ0) is 30.3. The monoisotopic (exact) mass is 571 g/mol. The van der Waals surface area contributed by atoms with Crippen molar-refractivity contribution in [3.63, 3.8) is 0 Å². The third-order valence-corrected chi connectivity index (χ3v) is 7.52. The first kappa shape index (κ1) is 31.0. The lowest BCUT2D eigenvalue weighted by Gasteiger charge is -2.33. The lowest BCUT2D eigenvalue weighted by molar-refractivity contribution is 0.0181. The van der Waals surface area contributed by atoms with Crippen LogP contribution in [0, 0.1) is 5.92 Å². The summed E-state index contributed by atoms with van der Waals surface area (Å²) in [6, 6.07) is 13.7. The number of ether oxygens (including phenoxy) is 1. The van der Waals surface area contributed by atoms with Crippen molar-refractivity contribution in [3.8, 4) is 0 Å². The largest absolute Gasteiger partial charge is 0.444 e. The molecule has 1 aliphatic rings. The van der Waals surface area contributed by atoms with E-state index in [1.165, 1.54) is 11.1 Å². The SMILES string of the molecule is CC(C)(C)OC(=O)N1CCC(CCc2cc(NC(=O)c3cccnc3NCc3ccncc3)ccc2C(C)(C)C)CC1. The fraction of sp³-hybridized carbons (Fsp3) is 0.471. The zero-order valence-corrected chi connectivity index (χ0v) is 25.9. The molecule has 1 fully saturated rings. The molecule has 0 unspecified atom stereocenters. The van der Waals surface area contributed by atoms with Gasteiger partial charge in [0, 0.05) is 43.9 Å². The summed E-state index contributed by atoms with van der Waals surface area (Å²) in [5.74, 6) is 0.875. The number of aromatic nitrogens is 2. The van der Waals surface area contributed by atoms with E-state index in [0.717, 1.165) is 50.0 Å². The van der Waals surface area contributed by atoms with Gasteiger partial charge in [-0.3, -0.25) is 9.78 Å². The van der Waals surface area contributed by atoms with Crippen LogP contribution in [-0.4, -0.2) is 45.6 Å². The maximum atomic E-state index is 13.4. The minimum Gasteiger partial charge on any atom is -0.444 e. The van der Waals surface area contributed by atoms with E-state index >= 15 is 0 Å². The number of amides is 2. The van der Waals surface area contributed by atoms with Gasteiger partial charge in [-0.2, -0.15) is 0 Å². The number of nitrogens with zero attached hydrogens (tertiary/aromatic N) is 3. The van der Waals surface area contributed by atoms with Gasteiger partial charge in [0.2, 0.25) is 0 Å². The van der Waals surface area contributed by atoms with Gasteiger partial charge in [0.15, 0.2) is 0 Å². The molecule has 0 atom stereocenters. The molecule has 3 heterocycles. The number of pyridine rings is 2. The van der Waals surface area contributed by atoms with Gasteiger partial charge in [0.25, 0.3) is 5.91 Å². The Morgan fingerprint density at radius 2 is 1.69 bits per heavy atom. The number of benzene rings is 1. The lowest BCUT2D eigenvalue weighted by atomic mass is 9.81. The van der Waals surface area contributed by atoms with Crippen LogP contribution in [0.4, 0.5) is 16.3 Å². The van der Waals surface area contributed by atoms with Crippen LogP contribution in [0.2, 0.25) is 0 Å². The van der Waals surface area contributed by atoms with Crippen molar-refractivity contribution in [1.82, 2.24) is 14.9 Å². The molecule has 1 aromatic carbocycles. The van der Waals surface area contributed by atoms with Gasteiger partial charge in [-0.15, -0.1) is 0 Å². The molecule has 0 bridgehead atoms. The summed E-state index contributed by atoms with van der Waals surface area (Å²) in [6.07, 6.45) is 8.84. The Morgan fingerprint density at radius 1 is 0.976 bits per heavy atom. The van der Waals surface area contributed by atoms with E-state index in [9.17, 15) is 9.59 Å². The number of likely N-dealkylation sites (tertiary alicyclic amines) is 1. The second-order valence-electron chi connectivity index (χ2n) is 13.1. The van der Waals surface area contributed by atoms with E-state index in [4.69, 9.17) is 4.74 Å². The molecule has 0 radical (unpaired) electrons. The first-order chi connectivity index (χ1) is 19.9. The predicted molar refractivity (Wildman–Crippen MR) is 168 cm³/mol. The van der Waals surface area contributed by atoms with Crippen molar-refractivity contribution >= 4 is 23.5 Å². The molecular formula is C34H45N5O3. The summed E-state index contributed by atoms with van der Waals surface area (Å²) in [6.45, 7) is 14.4. The molecule has 2 N–H and O–H groups in total. The van der Waals surface area contributed by atoms with E-state index in [1.54, 1.807) is 30.7 Å². The zero-order valence-electron chi connectivity index (χ0n) is 25.9. The van der Waals surface area contributed by atoms with E-state index in [0.29, 0.717) is 23.8 Å². The molecule has 4 rings (SSSR count). The Labute approximate surface area is 250 Å². The standard InChI is InChI=1S/C34H45N5O3/c1-33(2,3)29-12-11-27(22-26(29)10-9-24-15-20-39(21-16-24)32(41)42-34(4,5)6)38-31(40)28-8-7-17-36-30(28)37-23-25-13-18-35-19-14-25/h7-8,11-14,17-19,22,24H,9-10,15-16,20-21,23H2,1-6H3,(H,36,37)(H,38,40). The van der Waals surface area contributed by atoms with Gasteiger partial charge in [-0.25, -0.2) is 9.78 Å². The molecule has 8 heteroatoms. The minimum absolute atomic E-state index is 0.0225. The van der Waals surface area contributed by atoms with Crippen LogP contribution in [0.15, 0.2) is 61.1 Å². The number of carbonyl (C=O) groups is 2. The first-order valence-electron chi connectivity index (χ1n) is 14.9. The molecule has 0 saturated carbocycles. The summed E-state index contributed by atoms with van der Waals surface area (Å²) in [5, 5.41) is 6.39. The normalized spacial score (nSPS) is 14.4.